The minimum atomic E-state index is -0.364. The molecule has 1 fully saturated rings. The number of benzene rings is 1. The SMILES string of the molecule is O=C(Nc1ccc(NC(=O)N2CCOCC2)nc1)c1n[nH]c2ccc(-c3cccnc3)cc12. The van der Waals surface area contributed by atoms with Crippen LogP contribution in [0.5, 0.6) is 0 Å². The van der Waals surface area contributed by atoms with Crippen molar-refractivity contribution in [1.29, 1.82) is 0 Å². The molecule has 3 aromatic heterocycles. The zero-order valence-corrected chi connectivity index (χ0v) is 17.6. The van der Waals surface area contributed by atoms with Crippen molar-refractivity contribution >= 4 is 34.3 Å². The van der Waals surface area contributed by atoms with Crippen LogP contribution in [0.25, 0.3) is 22.0 Å². The summed E-state index contributed by atoms with van der Waals surface area (Å²) in [6, 6.07) is 12.7. The van der Waals surface area contributed by atoms with Gasteiger partial charge in [-0.25, -0.2) is 9.78 Å². The van der Waals surface area contributed by atoms with Crippen LogP contribution in [0.1, 0.15) is 10.5 Å². The van der Waals surface area contributed by atoms with Gasteiger partial charge in [0.05, 0.1) is 30.6 Å². The first-order valence-electron chi connectivity index (χ1n) is 10.5. The zero-order valence-electron chi connectivity index (χ0n) is 17.6. The fourth-order valence-electron chi connectivity index (χ4n) is 3.59. The highest BCUT2D eigenvalue weighted by molar-refractivity contribution is 6.11. The van der Waals surface area contributed by atoms with Gasteiger partial charge in [-0.15, -0.1) is 0 Å². The average Bonchev–Trinajstić information content (AvgIpc) is 3.30. The van der Waals surface area contributed by atoms with Crippen molar-refractivity contribution in [2.24, 2.45) is 0 Å². The van der Waals surface area contributed by atoms with Crippen molar-refractivity contribution < 1.29 is 14.3 Å². The Balaban J connectivity index is 1.29. The van der Waals surface area contributed by atoms with E-state index in [1.807, 2.05) is 30.3 Å². The number of urea groups is 1. The number of aromatic amines is 1. The number of fused-ring (bicyclic) bond motifs is 1. The Kier molecular flexibility index (Phi) is 5.64. The summed E-state index contributed by atoms with van der Waals surface area (Å²) in [5.74, 6) is 0.0345. The number of hydrogen-bond donors (Lipinski definition) is 3. The normalized spacial score (nSPS) is 13.6. The third-order valence-electron chi connectivity index (χ3n) is 5.33. The van der Waals surface area contributed by atoms with Crippen LogP contribution in [0.3, 0.4) is 0 Å². The summed E-state index contributed by atoms with van der Waals surface area (Å²) in [5, 5.41) is 13.3. The number of nitrogens with zero attached hydrogens (tertiary/aromatic N) is 4. The molecule has 3 N–H and O–H groups in total. The molecule has 5 rings (SSSR count). The van der Waals surface area contributed by atoms with Gasteiger partial charge in [0.15, 0.2) is 5.69 Å². The summed E-state index contributed by atoms with van der Waals surface area (Å²) in [6.07, 6.45) is 4.97. The van der Waals surface area contributed by atoms with E-state index in [0.717, 1.165) is 16.6 Å². The van der Waals surface area contributed by atoms with Gasteiger partial charge in [0.1, 0.15) is 5.82 Å². The van der Waals surface area contributed by atoms with E-state index in [9.17, 15) is 9.59 Å². The van der Waals surface area contributed by atoms with Gasteiger partial charge in [0.2, 0.25) is 0 Å². The highest BCUT2D eigenvalue weighted by atomic mass is 16.5. The van der Waals surface area contributed by atoms with E-state index in [1.165, 1.54) is 6.20 Å². The molecule has 33 heavy (non-hydrogen) atoms. The lowest BCUT2D eigenvalue weighted by Crippen LogP contribution is -2.43. The number of pyridine rings is 2. The van der Waals surface area contributed by atoms with Crippen molar-refractivity contribution in [2.45, 2.75) is 0 Å². The number of carbonyl (C=O) groups excluding carboxylic acids is 2. The van der Waals surface area contributed by atoms with Crippen LogP contribution in [0, 0.1) is 0 Å². The van der Waals surface area contributed by atoms with Crippen molar-refractivity contribution in [3.05, 3.63) is 66.7 Å². The number of aromatic nitrogens is 4. The van der Waals surface area contributed by atoms with Gasteiger partial charge < -0.3 is 15.0 Å². The van der Waals surface area contributed by atoms with Crippen LogP contribution in [-0.2, 0) is 4.74 Å². The van der Waals surface area contributed by atoms with Gasteiger partial charge in [0, 0.05) is 36.4 Å². The summed E-state index contributed by atoms with van der Waals surface area (Å²) < 4.78 is 5.25. The average molecular weight is 443 g/mol. The summed E-state index contributed by atoms with van der Waals surface area (Å²) in [5.41, 5.74) is 3.41. The van der Waals surface area contributed by atoms with Gasteiger partial charge in [-0.2, -0.15) is 5.10 Å². The summed E-state index contributed by atoms with van der Waals surface area (Å²) in [7, 11) is 0. The molecule has 0 aliphatic carbocycles. The molecule has 4 heterocycles. The maximum absolute atomic E-state index is 12.9. The quantitative estimate of drug-likeness (QED) is 0.445. The number of morpholine rings is 1. The molecule has 0 spiro atoms. The van der Waals surface area contributed by atoms with Crippen LogP contribution >= 0.6 is 0 Å². The largest absolute Gasteiger partial charge is 0.378 e. The van der Waals surface area contributed by atoms with E-state index in [2.05, 4.69) is 30.8 Å². The topological polar surface area (TPSA) is 125 Å². The predicted octanol–water partition coefficient (Wildman–Crippen LogP) is 3.14. The van der Waals surface area contributed by atoms with Gasteiger partial charge in [-0.05, 0) is 35.9 Å². The molecular weight excluding hydrogens is 422 g/mol. The van der Waals surface area contributed by atoms with E-state index in [-0.39, 0.29) is 17.6 Å². The maximum Gasteiger partial charge on any atom is 0.323 e. The number of carbonyl (C=O) groups is 2. The van der Waals surface area contributed by atoms with E-state index in [0.29, 0.717) is 43.2 Å². The smallest absolute Gasteiger partial charge is 0.323 e. The Morgan fingerprint density at radius 1 is 1.00 bits per heavy atom. The predicted molar refractivity (Wildman–Crippen MR) is 123 cm³/mol. The molecule has 1 saturated heterocycles. The van der Waals surface area contributed by atoms with Crippen LogP contribution in [0.4, 0.5) is 16.3 Å². The molecule has 10 heteroatoms. The van der Waals surface area contributed by atoms with E-state index >= 15 is 0 Å². The molecule has 1 aliphatic heterocycles. The highest BCUT2D eigenvalue weighted by Crippen LogP contribution is 2.25. The lowest BCUT2D eigenvalue weighted by atomic mass is 10.0. The molecule has 10 nitrogen and oxygen atoms in total. The minimum Gasteiger partial charge on any atom is -0.378 e. The Labute approximate surface area is 189 Å². The molecule has 0 bridgehead atoms. The Bertz CT molecular complexity index is 1280. The molecule has 0 radical (unpaired) electrons. The monoisotopic (exact) mass is 443 g/mol. The molecule has 1 aliphatic rings. The molecular formula is C23H21N7O3. The Morgan fingerprint density at radius 3 is 2.64 bits per heavy atom. The number of ether oxygens (including phenoxy) is 1. The van der Waals surface area contributed by atoms with Gasteiger partial charge in [-0.1, -0.05) is 12.1 Å². The van der Waals surface area contributed by atoms with Crippen molar-refractivity contribution in [3.63, 3.8) is 0 Å². The van der Waals surface area contributed by atoms with E-state index in [1.54, 1.807) is 29.4 Å². The lowest BCUT2D eigenvalue weighted by Gasteiger charge is -2.26. The minimum absolute atomic E-state index is 0.227. The second-order valence-corrected chi connectivity index (χ2v) is 7.49. The van der Waals surface area contributed by atoms with E-state index < -0.39 is 0 Å². The Hall–Kier alpha value is -4.31. The fraction of sp³-hybridized carbons (Fsp3) is 0.174. The summed E-state index contributed by atoms with van der Waals surface area (Å²) in [6.45, 7) is 2.13. The molecule has 0 atom stereocenters. The highest BCUT2D eigenvalue weighted by Gasteiger charge is 2.18. The van der Waals surface area contributed by atoms with Crippen LogP contribution in [0.15, 0.2) is 61.1 Å². The molecule has 4 aromatic rings. The summed E-state index contributed by atoms with van der Waals surface area (Å²) >= 11 is 0. The number of amides is 3. The summed E-state index contributed by atoms with van der Waals surface area (Å²) in [4.78, 5) is 35.2. The van der Waals surface area contributed by atoms with Crippen molar-refractivity contribution in [1.82, 2.24) is 25.1 Å². The second-order valence-electron chi connectivity index (χ2n) is 7.49. The molecule has 3 amide bonds. The first kappa shape index (κ1) is 20.6. The first-order valence-corrected chi connectivity index (χ1v) is 10.5. The number of nitrogens with one attached hydrogen (secondary N) is 3. The lowest BCUT2D eigenvalue weighted by molar-refractivity contribution is 0.0564. The standard InChI is InChI=1S/C23H21N7O3/c31-22(21-18-12-15(3-5-19(18)28-29-21)16-2-1-7-24-13-16)26-17-4-6-20(25-14-17)27-23(32)30-8-10-33-11-9-30/h1-7,12-14H,8-11H2,(H,26,31)(H,28,29)(H,25,27,32). The number of rotatable bonds is 4. The third-order valence-corrected chi connectivity index (χ3v) is 5.33. The van der Waals surface area contributed by atoms with Crippen LogP contribution < -0.4 is 10.6 Å². The number of hydrogen-bond acceptors (Lipinski definition) is 6. The van der Waals surface area contributed by atoms with Crippen LogP contribution in [-0.4, -0.2) is 63.3 Å². The van der Waals surface area contributed by atoms with Crippen molar-refractivity contribution in [3.8, 4) is 11.1 Å². The molecule has 166 valence electrons. The third kappa shape index (κ3) is 4.51. The first-order chi connectivity index (χ1) is 16.2. The number of anilines is 2. The molecule has 0 unspecified atom stereocenters. The van der Waals surface area contributed by atoms with Gasteiger partial charge in [-0.3, -0.25) is 20.2 Å². The molecule has 0 saturated carbocycles. The van der Waals surface area contributed by atoms with Crippen molar-refractivity contribution in [2.75, 3.05) is 36.9 Å². The van der Waals surface area contributed by atoms with E-state index in [4.69, 9.17) is 4.74 Å². The Morgan fingerprint density at radius 2 is 1.88 bits per heavy atom. The number of H-pyrrole nitrogens is 1. The second kappa shape index (κ2) is 9.05. The van der Waals surface area contributed by atoms with Gasteiger partial charge >= 0.3 is 6.03 Å². The van der Waals surface area contributed by atoms with Crippen LogP contribution in [0.2, 0.25) is 0 Å². The fourth-order valence-corrected chi connectivity index (χ4v) is 3.59. The maximum atomic E-state index is 12.9. The zero-order chi connectivity index (χ0) is 22.6. The van der Waals surface area contributed by atoms with Gasteiger partial charge in [0.25, 0.3) is 5.91 Å². The molecule has 1 aromatic carbocycles.